The van der Waals surface area contributed by atoms with Crippen molar-refractivity contribution in [3.8, 4) is 5.75 Å². The Balaban J connectivity index is 1.78. The van der Waals surface area contributed by atoms with E-state index >= 15 is 0 Å². The highest BCUT2D eigenvalue weighted by Crippen LogP contribution is 2.33. The molecule has 1 heterocycles. The van der Waals surface area contributed by atoms with Crippen LogP contribution in [0.4, 0.5) is 10.1 Å². The fraction of sp³-hybridized carbons (Fsp3) is 0.300. The molecule has 0 spiro atoms. The molecule has 2 aromatic carbocycles. The van der Waals surface area contributed by atoms with E-state index in [1.807, 2.05) is 13.0 Å². The van der Waals surface area contributed by atoms with Crippen molar-refractivity contribution in [3.05, 3.63) is 59.9 Å². The number of halogens is 1. The number of rotatable bonds is 4. The molecular formula is C20H21FN2O3. The lowest BCUT2D eigenvalue weighted by atomic mass is 10.1. The van der Waals surface area contributed by atoms with Gasteiger partial charge in [0.2, 0.25) is 5.91 Å². The number of carbonyl (C=O) groups is 2. The van der Waals surface area contributed by atoms with Crippen LogP contribution in [-0.4, -0.2) is 36.4 Å². The number of anilines is 1. The predicted octanol–water partition coefficient (Wildman–Crippen LogP) is 3.16. The number of carbonyl (C=O) groups excluding carboxylic acids is 2. The topological polar surface area (TPSA) is 49.9 Å². The van der Waals surface area contributed by atoms with E-state index in [-0.39, 0.29) is 30.2 Å². The van der Waals surface area contributed by atoms with Crippen LogP contribution >= 0.6 is 0 Å². The van der Waals surface area contributed by atoms with E-state index in [9.17, 15) is 14.0 Å². The normalized spacial score (nSPS) is 17.3. The van der Waals surface area contributed by atoms with Crippen LogP contribution in [0.25, 0.3) is 0 Å². The van der Waals surface area contributed by atoms with Crippen LogP contribution in [-0.2, 0) is 9.59 Å². The van der Waals surface area contributed by atoms with Gasteiger partial charge in [-0.15, -0.1) is 0 Å². The quantitative estimate of drug-likeness (QED) is 0.846. The molecule has 1 aliphatic heterocycles. The molecule has 2 amide bonds. The van der Waals surface area contributed by atoms with Crippen molar-refractivity contribution in [2.45, 2.75) is 26.0 Å². The molecule has 0 aliphatic carbocycles. The first-order valence-electron chi connectivity index (χ1n) is 8.46. The molecule has 5 nitrogen and oxygen atoms in total. The van der Waals surface area contributed by atoms with Crippen LogP contribution in [0.5, 0.6) is 5.75 Å². The molecule has 2 atom stereocenters. The van der Waals surface area contributed by atoms with E-state index in [4.69, 9.17) is 4.74 Å². The van der Waals surface area contributed by atoms with Crippen LogP contribution in [0.2, 0.25) is 0 Å². The summed E-state index contributed by atoms with van der Waals surface area (Å²) in [5, 5.41) is 0. The number of ether oxygens (including phenoxy) is 1. The Labute approximate surface area is 152 Å². The maximum atomic E-state index is 13.1. The second-order valence-electron chi connectivity index (χ2n) is 6.38. The van der Waals surface area contributed by atoms with E-state index in [0.717, 1.165) is 5.56 Å². The first kappa shape index (κ1) is 17.9. The van der Waals surface area contributed by atoms with Crippen molar-refractivity contribution in [1.82, 2.24) is 4.90 Å². The highest BCUT2D eigenvalue weighted by atomic mass is 19.1. The number of nitrogens with zero attached hydrogens (tertiary/aromatic N) is 2. The van der Waals surface area contributed by atoms with Gasteiger partial charge in [-0.3, -0.25) is 14.5 Å². The van der Waals surface area contributed by atoms with E-state index in [1.54, 1.807) is 49.2 Å². The molecule has 2 aromatic rings. The third-order valence-corrected chi connectivity index (χ3v) is 4.69. The molecule has 3 rings (SSSR count). The zero-order chi connectivity index (χ0) is 18.8. The van der Waals surface area contributed by atoms with E-state index in [0.29, 0.717) is 11.4 Å². The summed E-state index contributed by atoms with van der Waals surface area (Å²) in [4.78, 5) is 28.3. The van der Waals surface area contributed by atoms with Gasteiger partial charge < -0.3 is 9.64 Å². The SMILES string of the molecule is CC1Oc2ccccc2N(CC(=O)N(C)C(C)c2ccc(F)cc2)C1=O. The van der Waals surface area contributed by atoms with Crippen LogP contribution < -0.4 is 9.64 Å². The minimum atomic E-state index is -0.641. The maximum absolute atomic E-state index is 13.1. The van der Waals surface area contributed by atoms with Crippen molar-refractivity contribution < 1.29 is 18.7 Å². The van der Waals surface area contributed by atoms with Gasteiger partial charge >= 0.3 is 0 Å². The lowest BCUT2D eigenvalue weighted by molar-refractivity contribution is -0.133. The first-order valence-corrected chi connectivity index (χ1v) is 8.46. The van der Waals surface area contributed by atoms with Gasteiger partial charge in [-0.2, -0.15) is 0 Å². The van der Waals surface area contributed by atoms with Crippen LogP contribution in [0.15, 0.2) is 48.5 Å². The molecule has 0 bridgehead atoms. The number of fused-ring (bicyclic) bond motifs is 1. The van der Waals surface area contributed by atoms with Gasteiger partial charge in [0, 0.05) is 7.05 Å². The van der Waals surface area contributed by atoms with Crippen molar-refractivity contribution in [2.75, 3.05) is 18.5 Å². The Morgan fingerprint density at radius 2 is 1.88 bits per heavy atom. The summed E-state index contributed by atoms with van der Waals surface area (Å²) in [5.74, 6) is -0.194. The highest BCUT2D eigenvalue weighted by molar-refractivity contribution is 6.03. The Morgan fingerprint density at radius 1 is 1.23 bits per heavy atom. The molecule has 0 fully saturated rings. The van der Waals surface area contributed by atoms with Gasteiger partial charge in [0.25, 0.3) is 5.91 Å². The van der Waals surface area contributed by atoms with E-state index in [2.05, 4.69) is 0 Å². The third-order valence-electron chi connectivity index (χ3n) is 4.69. The smallest absolute Gasteiger partial charge is 0.268 e. The third kappa shape index (κ3) is 3.40. The highest BCUT2D eigenvalue weighted by Gasteiger charge is 2.33. The summed E-state index contributed by atoms with van der Waals surface area (Å²) >= 11 is 0. The monoisotopic (exact) mass is 356 g/mol. The molecule has 0 aromatic heterocycles. The van der Waals surface area contributed by atoms with Crippen LogP contribution in [0, 0.1) is 5.82 Å². The molecule has 1 aliphatic rings. The fourth-order valence-electron chi connectivity index (χ4n) is 2.95. The molecule has 136 valence electrons. The number of amides is 2. The van der Waals surface area contributed by atoms with Gasteiger partial charge in [-0.25, -0.2) is 4.39 Å². The lowest BCUT2D eigenvalue weighted by Gasteiger charge is -2.34. The minimum absolute atomic E-state index is 0.0778. The summed E-state index contributed by atoms with van der Waals surface area (Å²) in [7, 11) is 1.68. The average molecular weight is 356 g/mol. The summed E-state index contributed by atoms with van der Waals surface area (Å²) in [6.45, 7) is 3.45. The summed E-state index contributed by atoms with van der Waals surface area (Å²) in [5.41, 5.74) is 1.41. The minimum Gasteiger partial charge on any atom is -0.479 e. The predicted molar refractivity (Wildman–Crippen MR) is 96.5 cm³/mol. The molecule has 2 unspecified atom stereocenters. The summed E-state index contributed by atoms with van der Waals surface area (Å²) < 4.78 is 18.7. The molecule has 6 heteroatoms. The molecule has 0 N–H and O–H groups in total. The van der Waals surface area contributed by atoms with E-state index in [1.165, 1.54) is 17.0 Å². The second-order valence-corrected chi connectivity index (χ2v) is 6.38. The van der Waals surface area contributed by atoms with Gasteiger partial charge in [-0.05, 0) is 43.7 Å². The largest absolute Gasteiger partial charge is 0.479 e. The zero-order valence-electron chi connectivity index (χ0n) is 15.0. The molecule has 26 heavy (non-hydrogen) atoms. The van der Waals surface area contributed by atoms with Gasteiger partial charge in [0.15, 0.2) is 6.10 Å². The molecule has 0 saturated carbocycles. The average Bonchev–Trinajstić information content (AvgIpc) is 2.64. The number of benzene rings is 2. The first-order chi connectivity index (χ1) is 12.4. The Bertz CT molecular complexity index is 822. The summed E-state index contributed by atoms with van der Waals surface area (Å²) in [6, 6.07) is 13.0. The second kappa shape index (κ2) is 7.15. The van der Waals surface area contributed by atoms with Crippen molar-refractivity contribution >= 4 is 17.5 Å². The Morgan fingerprint density at radius 3 is 2.58 bits per heavy atom. The standard InChI is InChI=1S/C20H21FN2O3/c1-13(15-8-10-16(21)11-9-15)22(3)19(24)12-23-17-6-4-5-7-18(17)26-14(2)20(23)25/h4-11,13-14H,12H2,1-3H3. The molecule has 0 saturated heterocycles. The zero-order valence-corrected chi connectivity index (χ0v) is 15.0. The molecular weight excluding hydrogens is 335 g/mol. The maximum Gasteiger partial charge on any atom is 0.268 e. The van der Waals surface area contributed by atoms with Gasteiger partial charge in [-0.1, -0.05) is 24.3 Å². The number of hydrogen-bond donors (Lipinski definition) is 0. The van der Waals surface area contributed by atoms with Crippen molar-refractivity contribution in [1.29, 1.82) is 0 Å². The van der Waals surface area contributed by atoms with Crippen LogP contribution in [0.3, 0.4) is 0 Å². The lowest BCUT2D eigenvalue weighted by Crippen LogP contribution is -2.49. The molecule has 0 radical (unpaired) electrons. The summed E-state index contributed by atoms with van der Waals surface area (Å²) in [6.07, 6.45) is -0.641. The Hall–Kier alpha value is -2.89. The van der Waals surface area contributed by atoms with Crippen molar-refractivity contribution in [3.63, 3.8) is 0 Å². The van der Waals surface area contributed by atoms with E-state index < -0.39 is 6.10 Å². The van der Waals surface area contributed by atoms with Crippen molar-refractivity contribution in [2.24, 2.45) is 0 Å². The number of hydrogen-bond acceptors (Lipinski definition) is 3. The van der Waals surface area contributed by atoms with Crippen LogP contribution in [0.1, 0.15) is 25.5 Å². The van der Waals surface area contributed by atoms with Gasteiger partial charge in [0.1, 0.15) is 18.1 Å². The Kier molecular flexibility index (Phi) is 4.93. The number of likely N-dealkylation sites (N-methyl/N-ethyl adjacent to an activating group) is 1. The number of para-hydroxylation sites is 2. The fourth-order valence-corrected chi connectivity index (χ4v) is 2.95. The van der Waals surface area contributed by atoms with Gasteiger partial charge in [0.05, 0.1) is 11.7 Å².